The van der Waals surface area contributed by atoms with E-state index in [2.05, 4.69) is 55.2 Å². The molecule has 1 aliphatic carbocycles. The fraction of sp³-hybridized carbons (Fsp3) is 0.250. The Morgan fingerprint density at radius 1 is 0.776 bits per heavy atom. The number of aryl methyl sites for hydroxylation is 1. The van der Waals surface area contributed by atoms with Gasteiger partial charge in [-0.1, -0.05) is 36.3 Å². The first kappa shape index (κ1) is 42.1. The normalized spacial score (nSPS) is 19.2. The Bertz CT molecular complexity index is 3590. The molecule has 19 heteroatoms. The molecule has 2 unspecified atom stereocenters. The van der Waals surface area contributed by atoms with Gasteiger partial charge in [-0.3, -0.25) is 9.59 Å². The van der Waals surface area contributed by atoms with E-state index in [1.165, 1.54) is 53.5 Å². The molecule has 6 aromatic heterocycles. The van der Waals surface area contributed by atoms with Crippen molar-refractivity contribution in [2.75, 3.05) is 37.6 Å². The molecule has 14 nitrogen and oxygen atoms in total. The van der Waals surface area contributed by atoms with Crippen molar-refractivity contribution in [3.63, 3.8) is 0 Å². The van der Waals surface area contributed by atoms with Gasteiger partial charge in [-0.2, -0.15) is 0 Å². The maximum Gasteiger partial charge on any atom is 0.246 e. The van der Waals surface area contributed by atoms with Gasteiger partial charge in [-0.15, -0.1) is 22.7 Å². The number of halogens is 3. The quantitative estimate of drug-likeness (QED) is 0.128. The first-order valence-corrected chi connectivity index (χ1v) is 23.0. The summed E-state index contributed by atoms with van der Waals surface area (Å²) in [6.45, 7) is 7.30. The number of benzene rings is 2. The van der Waals surface area contributed by atoms with Crippen molar-refractivity contribution >= 4 is 88.6 Å². The van der Waals surface area contributed by atoms with E-state index in [4.69, 9.17) is 16.5 Å². The predicted molar refractivity (Wildman–Crippen MR) is 250 cm³/mol. The Morgan fingerprint density at radius 3 is 2.04 bits per heavy atom. The van der Waals surface area contributed by atoms with E-state index in [9.17, 15) is 9.59 Å². The first-order valence-electron chi connectivity index (χ1n) is 21.4. The van der Waals surface area contributed by atoms with E-state index < -0.39 is 17.5 Å². The van der Waals surface area contributed by atoms with Crippen LogP contribution in [0.1, 0.15) is 69.5 Å². The molecule has 4 atom stereocenters. The van der Waals surface area contributed by atoms with Crippen LogP contribution < -0.4 is 11.5 Å². The average molecular weight is 935 g/mol. The van der Waals surface area contributed by atoms with Crippen molar-refractivity contribution in [2.24, 2.45) is 5.92 Å². The molecule has 1 saturated carbocycles. The van der Waals surface area contributed by atoms with E-state index in [0.717, 1.165) is 11.4 Å². The Hall–Kier alpha value is -7.61. The highest BCUT2D eigenvalue weighted by molar-refractivity contribution is 7.18. The van der Waals surface area contributed by atoms with Crippen LogP contribution in [0.2, 0.25) is 0 Å². The molecule has 2 amide bonds. The molecule has 0 spiro atoms. The van der Waals surface area contributed by atoms with E-state index in [1.54, 1.807) is 35.1 Å². The van der Waals surface area contributed by atoms with Crippen molar-refractivity contribution in [1.82, 2.24) is 48.8 Å². The minimum Gasteiger partial charge on any atom is -0.383 e. The van der Waals surface area contributed by atoms with Crippen LogP contribution in [0, 0.1) is 54.0 Å². The van der Waals surface area contributed by atoms with Crippen LogP contribution in [0.4, 0.5) is 24.8 Å². The second-order valence-corrected chi connectivity index (χ2v) is 19.1. The van der Waals surface area contributed by atoms with Crippen LogP contribution in [-0.4, -0.2) is 86.8 Å². The maximum absolute atomic E-state index is 15.6. The van der Waals surface area contributed by atoms with E-state index in [-0.39, 0.29) is 64.0 Å². The lowest BCUT2D eigenvalue weighted by molar-refractivity contribution is -0.125. The molecule has 334 valence electrons. The van der Waals surface area contributed by atoms with Gasteiger partial charge in [0.1, 0.15) is 52.7 Å². The third kappa shape index (κ3) is 7.50. The van der Waals surface area contributed by atoms with Crippen LogP contribution in [0.5, 0.6) is 0 Å². The number of carbonyl (C=O) groups excluding carboxylic acids is 2. The zero-order valence-electron chi connectivity index (χ0n) is 35.6. The van der Waals surface area contributed by atoms with Crippen LogP contribution in [-0.2, 0) is 9.59 Å². The van der Waals surface area contributed by atoms with E-state index in [0.29, 0.717) is 92.1 Å². The molecule has 2 aromatic carbocycles. The van der Waals surface area contributed by atoms with Gasteiger partial charge in [-0.25, -0.2) is 43.1 Å². The number of thiazole rings is 2. The molecular formula is C48H37F3N12O2S2. The Morgan fingerprint density at radius 2 is 1.39 bits per heavy atom. The third-order valence-electron chi connectivity index (χ3n) is 12.7. The van der Waals surface area contributed by atoms with Crippen molar-refractivity contribution in [2.45, 2.75) is 44.2 Å². The first-order chi connectivity index (χ1) is 32.4. The van der Waals surface area contributed by atoms with E-state index in [1.807, 2.05) is 21.4 Å². The molecule has 8 heterocycles. The van der Waals surface area contributed by atoms with Gasteiger partial charge >= 0.3 is 0 Å². The molecule has 4 N–H and O–H groups in total. The number of anilines is 2. The van der Waals surface area contributed by atoms with Crippen molar-refractivity contribution in [3.05, 3.63) is 118 Å². The minimum atomic E-state index is -0.819. The monoisotopic (exact) mass is 934 g/mol. The highest BCUT2D eigenvalue weighted by Gasteiger charge is 2.39. The van der Waals surface area contributed by atoms with Gasteiger partial charge in [0.15, 0.2) is 5.82 Å². The Labute approximate surface area is 387 Å². The van der Waals surface area contributed by atoms with Gasteiger partial charge in [-0.05, 0) is 62.5 Å². The highest BCUT2D eigenvalue weighted by atomic mass is 32.1. The smallest absolute Gasteiger partial charge is 0.246 e. The summed E-state index contributed by atoms with van der Waals surface area (Å²) in [6, 6.07) is 4.14. The zero-order chi connectivity index (χ0) is 46.2. The van der Waals surface area contributed by atoms with Gasteiger partial charge < -0.3 is 30.4 Å². The third-order valence-corrected chi connectivity index (χ3v) is 14.7. The fourth-order valence-corrected chi connectivity index (χ4v) is 11.2. The summed E-state index contributed by atoms with van der Waals surface area (Å²) in [6.07, 6.45) is 13.3. The van der Waals surface area contributed by atoms with Crippen molar-refractivity contribution in [3.8, 4) is 23.7 Å². The van der Waals surface area contributed by atoms with Crippen LogP contribution >= 0.6 is 22.7 Å². The minimum absolute atomic E-state index is 0.0500. The summed E-state index contributed by atoms with van der Waals surface area (Å²) in [5, 5.41) is 2.51. The molecule has 3 fully saturated rings. The number of likely N-dealkylation sites (tertiary alicyclic amines) is 2. The zero-order valence-corrected chi connectivity index (χ0v) is 37.3. The number of rotatable bonds is 6. The number of hydrogen-bond donors (Lipinski definition) is 2. The summed E-state index contributed by atoms with van der Waals surface area (Å²) < 4.78 is 50.9. The lowest BCUT2D eigenvalue weighted by Crippen LogP contribution is -2.27. The number of fused-ring (bicyclic) bond motifs is 4. The standard InChI is InChI=1S/C48H37F3N12O2S2/c1-3-38(64)60-12-10-29(20-60)62-18-27(40-44(52)54-22-56-46(40)62)5-4-26-15-35-36(16-33(26)49)67-48(59-35)32-14-25(32)7-9-39(65)61-13-11-30(21-61)63-19-28(41-45(53)55-23-57-47(41)63)6-8-31-34(50)17-37-43(42(31)51)58-24(2)66-37/h3,7,9,15-19,22-23,25,29-30,32H,1,10-14,20-21H2,2H3,(H2,52,54,56)(H2,53,55,57)/b9-7+/t25?,29-,30-,32?/m0/s1. The molecule has 3 aliphatic rings. The largest absolute Gasteiger partial charge is 0.383 e. The van der Waals surface area contributed by atoms with Gasteiger partial charge in [0.05, 0.1) is 70.0 Å². The topological polar surface area (TPSA) is 180 Å². The molecule has 67 heavy (non-hydrogen) atoms. The summed E-state index contributed by atoms with van der Waals surface area (Å²) >= 11 is 2.63. The molecule has 11 rings (SSSR count). The molecule has 0 radical (unpaired) electrons. The van der Waals surface area contributed by atoms with Crippen LogP contribution in [0.25, 0.3) is 42.5 Å². The average Bonchev–Trinajstić information content (AvgIpc) is 4.01. The number of nitrogens with two attached hydrogens (primary N) is 2. The van der Waals surface area contributed by atoms with Crippen molar-refractivity contribution < 1.29 is 22.8 Å². The summed E-state index contributed by atoms with van der Waals surface area (Å²) in [4.78, 5) is 55.6. The maximum atomic E-state index is 15.6. The van der Waals surface area contributed by atoms with Gasteiger partial charge in [0.25, 0.3) is 0 Å². The molecule has 8 aromatic rings. The molecule has 0 bridgehead atoms. The van der Waals surface area contributed by atoms with E-state index >= 15 is 13.2 Å². The number of aromatic nitrogens is 8. The fourth-order valence-electron chi connectivity index (χ4n) is 9.16. The molecule has 2 saturated heterocycles. The number of allylic oxidation sites excluding steroid dienone is 1. The number of nitrogens with zero attached hydrogens (tertiary/aromatic N) is 10. The number of nitrogen functional groups attached to an aromatic ring is 2. The summed E-state index contributed by atoms with van der Waals surface area (Å²) in [7, 11) is 0. The summed E-state index contributed by atoms with van der Waals surface area (Å²) in [5.41, 5.74) is 15.1. The second-order valence-electron chi connectivity index (χ2n) is 16.8. The molecule has 2 aliphatic heterocycles. The van der Waals surface area contributed by atoms with Crippen LogP contribution in [0.15, 0.2) is 68.1 Å². The Balaban J connectivity index is 0.769. The number of carbonyl (C=O) groups is 2. The second kappa shape index (κ2) is 16.4. The lowest BCUT2D eigenvalue weighted by Gasteiger charge is -2.16. The van der Waals surface area contributed by atoms with Gasteiger partial charge in [0, 0.05) is 44.5 Å². The summed E-state index contributed by atoms with van der Waals surface area (Å²) in [5.74, 6) is 9.95. The van der Waals surface area contributed by atoms with Crippen LogP contribution in [0.3, 0.4) is 0 Å². The molecular weight excluding hydrogens is 898 g/mol. The van der Waals surface area contributed by atoms with Gasteiger partial charge in [0.2, 0.25) is 11.8 Å². The Kier molecular flexibility index (Phi) is 10.3. The lowest BCUT2D eigenvalue weighted by atomic mass is 10.1. The predicted octanol–water partition coefficient (Wildman–Crippen LogP) is 7.18. The SMILES string of the molecule is C=CC(=O)N1CC[C@H](n2cc(C#Cc3cc4nc(C5CC5/C=C/C(=O)N5CC[C@H](n6cc(C#Cc7c(F)cc8sc(C)nc8c7F)c7c(N)ncnc76)C5)sc4cc3F)c3c(N)ncnc32)C1. The number of hydrogen-bond acceptors (Lipinski definition) is 12. The van der Waals surface area contributed by atoms with Crippen molar-refractivity contribution in [1.29, 1.82) is 0 Å². The highest BCUT2D eigenvalue weighted by Crippen LogP contribution is 2.50. The number of amides is 2.